The Morgan fingerprint density at radius 2 is 2.28 bits per heavy atom. The van der Waals surface area contributed by atoms with E-state index in [1.807, 2.05) is 6.92 Å². The van der Waals surface area contributed by atoms with E-state index in [2.05, 4.69) is 20.6 Å². The van der Waals surface area contributed by atoms with Crippen molar-refractivity contribution < 1.29 is 9.32 Å². The van der Waals surface area contributed by atoms with Crippen LogP contribution < -0.4 is 5.32 Å². The van der Waals surface area contributed by atoms with Crippen molar-refractivity contribution in [1.29, 1.82) is 0 Å². The molecule has 0 aliphatic rings. The molecule has 0 saturated carbocycles. The molecule has 0 unspecified atom stereocenters. The fourth-order valence-electron chi connectivity index (χ4n) is 2.36. The number of aryl methyl sites for hydroxylation is 1. The molecule has 0 radical (unpaired) electrons. The Morgan fingerprint density at radius 3 is 3.00 bits per heavy atom. The van der Waals surface area contributed by atoms with Gasteiger partial charge in [0.1, 0.15) is 6.04 Å². The molecule has 0 bridgehead atoms. The van der Waals surface area contributed by atoms with Crippen molar-refractivity contribution >= 4 is 17.5 Å². The van der Waals surface area contributed by atoms with Crippen LogP contribution in [0.3, 0.4) is 0 Å². The molecule has 0 spiro atoms. The third-order valence-electron chi connectivity index (χ3n) is 3.64. The van der Waals surface area contributed by atoms with Crippen LogP contribution in [0.25, 0.3) is 5.69 Å². The van der Waals surface area contributed by atoms with Gasteiger partial charge in [-0.15, -0.1) is 0 Å². The standard InChI is InChI=1S/C17H18ClN5O2/c1-3-5-15-21-17(25-22-15)11(2)20-16(24)13-10-12(6-7-14(13)18)23-9-4-8-19-23/h4,6-11H,3,5H2,1-2H3,(H,20,24)/t11-/m1/s1. The van der Waals surface area contributed by atoms with Crippen molar-refractivity contribution in [2.45, 2.75) is 32.7 Å². The molecule has 1 atom stereocenters. The minimum absolute atomic E-state index is 0.318. The number of aromatic nitrogens is 4. The number of hydrogen-bond donors (Lipinski definition) is 1. The summed E-state index contributed by atoms with van der Waals surface area (Å²) in [5, 5.41) is 11.2. The molecule has 25 heavy (non-hydrogen) atoms. The second-order valence-corrected chi connectivity index (χ2v) is 6.02. The van der Waals surface area contributed by atoms with Gasteiger partial charge in [0.05, 0.1) is 16.3 Å². The molecule has 130 valence electrons. The predicted octanol–water partition coefficient (Wildman–Crippen LogP) is 3.35. The Kier molecular flexibility index (Phi) is 5.14. The summed E-state index contributed by atoms with van der Waals surface area (Å²) in [6, 6.07) is 6.54. The lowest BCUT2D eigenvalue weighted by Gasteiger charge is -2.12. The summed E-state index contributed by atoms with van der Waals surface area (Å²) >= 11 is 6.19. The van der Waals surface area contributed by atoms with Gasteiger partial charge >= 0.3 is 0 Å². The molecule has 1 amide bonds. The lowest BCUT2D eigenvalue weighted by molar-refractivity contribution is 0.0932. The fraction of sp³-hybridized carbons (Fsp3) is 0.294. The summed E-state index contributed by atoms with van der Waals surface area (Å²) < 4.78 is 6.86. The number of amides is 1. The van der Waals surface area contributed by atoms with Crippen LogP contribution in [0.1, 0.15) is 48.4 Å². The molecule has 0 saturated heterocycles. The molecule has 0 aliphatic heterocycles. The maximum atomic E-state index is 12.6. The first-order chi connectivity index (χ1) is 12.1. The molecule has 7 nitrogen and oxygen atoms in total. The number of carbonyl (C=O) groups is 1. The lowest BCUT2D eigenvalue weighted by Crippen LogP contribution is -2.27. The van der Waals surface area contributed by atoms with Crippen molar-refractivity contribution in [2.24, 2.45) is 0 Å². The molecular weight excluding hydrogens is 342 g/mol. The molecular formula is C17H18ClN5O2. The Morgan fingerprint density at radius 1 is 1.44 bits per heavy atom. The number of nitrogens with zero attached hydrogens (tertiary/aromatic N) is 4. The summed E-state index contributed by atoms with van der Waals surface area (Å²) in [5.74, 6) is 0.690. The van der Waals surface area contributed by atoms with E-state index in [4.69, 9.17) is 16.1 Å². The van der Waals surface area contributed by atoms with Crippen LogP contribution in [-0.2, 0) is 6.42 Å². The molecule has 3 rings (SSSR count). The van der Waals surface area contributed by atoms with Crippen LogP contribution in [0, 0.1) is 0 Å². The SMILES string of the molecule is CCCc1noc([C@@H](C)NC(=O)c2cc(-n3cccn3)ccc2Cl)n1. The molecule has 2 aromatic heterocycles. The van der Waals surface area contributed by atoms with E-state index in [0.717, 1.165) is 18.5 Å². The quantitative estimate of drug-likeness (QED) is 0.729. The van der Waals surface area contributed by atoms with E-state index >= 15 is 0 Å². The lowest BCUT2D eigenvalue weighted by atomic mass is 10.1. The van der Waals surface area contributed by atoms with Gasteiger partial charge in [0.25, 0.3) is 5.91 Å². The highest BCUT2D eigenvalue weighted by molar-refractivity contribution is 6.33. The number of carbonyl (C=O) groups excluding carboxylic acids is 1. The molecule has 1 N–H and O–H groups in total. The van der Waals surface area contributed by atoms with Gasteiger partial charge in [0, 0.05) is 18.8 Å². The first-order valence-corrected chi connectivity index (χ1v) is 8.39. The highest BCUT2D eigenvalue weighted by Gasteiger charge is 2.19. The zero-order valence-electron chi connectivity index (χ0n) is 13.9. The van der Waals surface area contributed by atoms with Crippen LogP contribution in [0.4, 0.5) is 0 Å². The van der Waals surface area contributed by atoms with E-state index in [1.165, 1.54) is 0 Å². The number of benzene rings is 1. The largest absolute Gasteiger partial charge is 0.340 e. The van der Waals surface area contributed by atoms with Crippen molar-refractivity contribution in [3.05, 3.63) is 59.0 Å². The smallest absolute Gasteiger partial charge is 0.253 e. The van der Waals surface area contributed by atoms with Crippen LogP contribution in [0.5, 0.6) is 0 Å². The van der Waals surface area contributed by atoms with E-state index in [9.17, 15) is 4.79 Å². The molecule has 0 aliphatic carbocycles. The average molecular weight is 360 g/mol. The van der Waals surface area contributed by atoms with Crippen LogP contribution in [0.2, 0.25) is 5.02 Å². The normalized spacial score (nSPS) is 12.1. The molecule has 2 heterocycles. The zero-order valence-corrected chi connectivity index (χ0v) is 14.7. The monoisotopic (exact) mass is 359 g/mol. The van der Waals surface area contributed by atoms with E-state index in [-0.39, 0.29) is 5.91 Å². The number of nitrogens with one attached hydrogen (secondary N) is 1. The van der Waals surface area contributed by atoms with Gasteiger partial charge in [-0.2, -0.15) is 10.1 Å². The Hall–Kier alpha value is -2.67. The van der Waals surface area contributed by atoms with Gasteiger partial charge in [0.15, 0.2) is 5.82 Å². The van der Waals surface area contributed by atoms with E-state index in [0.29, 0.717) is 22.3 Å². The van der Waals surface area contributed by atoms with Crippen molar-refractivity contribution in [3.8, 4) is 5.69 Å². The summed E-state index contributed by atoms with van der Waals surface area (Å²) in [4.78, 5) is 16.9. The van der Waals surface area contributed by atoms with Gasteiger partial charge in [-0.1, -0.05) is 23.7 Å². The second-order valence-electron chi connectivity index (χ2n) is 5.61. The molecule has 3 aromatic rings. The maximum Gasteiger partial charge on any atom is 0.253 e. The van der Waals surface area contributed by atoms with Crippen molar-refractivity contribution in [1.82, 2.24) is 25.2 Å². The average Bonchev–Trinajstić information content (AvgIpc) is 3.27. The molecule has 0 fully saturated rings. The van der Waals surface area contributed by atoms with Crippen molar-refractivity contribution in [3.63, 3.8) is 0 Å². The number of halogens is 1. The first kappa shape index (κ1) is 17.2. The Balaban J connectivity index is 1.77. The summed E-state index contributed by atoms with van der Waals surface area (Å²) in [6.07, 6.45) is 5.12. The minimum atomic E-state index is -0.421. The van der Waals surface area contributed by atoms with Gasteiger partial charge in [-0.3, -0.25) is 4.79 Å². The third kappa shape index (κ3) is 3.88. The molecule has 8 heteroatoms. The van der Waals surface area contributed by atoms with Gasteiger partial charge in [-0.25, -0.2) is 4.68 Å². The van der Waals surface area contributed by atoms with Gasteiger partial charge in [-0.05, 0) is 37.6 Å². The number of hydrogen-bond acceptors (Lipinski definition) is 5. The first-order valence-electron chi connectivity index (χ1n) is 8.01. The maximum absolute atomic E-state index is 12.6. The van der Waals surface area contributed by atoms with Gasteiger partial charge < -0.3 is 9.84 Å². The molecule has 1 aromatic carbocycles. The van der Waals surface area contributed by atoms with Gasteiger partial charge in [0.2, 0.25) is 5.89 Å². The highest BCUT2D eigenvalue weighted by atomic mass is 35.5. The van der Waals surface area contributed by atoms with E-state index < -0.39 is 6.04 Å². The summed E-state index contributed by atoms with van der Waals surface area (Å²) in [6.45, 7) is 3.82. The Labute approximate surface area is 150 Å². The fourth-order valence-corrected chi connectivity index (χ4v) is 2.56. The topological polar surface area (TPSA) is 85.8 Å². The second kappa shape index (κ2) is 7.48. The highest BCUT2D eigenvalue weighted by Crippen LogP contribution is 2.21. The van der Waals surface area contributed by atoms with Crippen LogP contribution >= 0.6 is 11.6 Å². The Bertz CT molecular complexity index is 860. The van der Waals surface area contributed by atoms with Crippen LogP contribution in [-0.4, -0.2) is 25.8 Å². The zero-order chi connectivity index (χ0) is 17.8. The number of rotatable bonds is 6. The van der Waals surface area contributed by atoms with E-state index in [1.54, 1.807) is 48.3 Å². The van der Waals surface area contributed by atoms with Crippen molar-refractivity contribution in [2.75, 3.05) is 0 Å². The predicted molar refractivity (Wildman–Crippen MR) is 92.7 cm³/mol. The third-order valence-corrected chi connectivity index (χ3v) is 3.97. The summed E-state index contributed by atoms with van der Waals surface area (Å²) in [7, 11) is 0. The minimum Gasteiger partial charge on any atom is -0.340 e. The summed E-state index contributed by atoms with van der Waals surface area (Å²) in [5.41, 5.74) is 1.10. The van der Waals surface area contributed by atoms with Crippen LogP contribution in [0.15, 0.2) is 41.2 Å².